The van der Waals surface area contributed by atoms with Crippen molar-refractivity contribution in [2.75, 3.05) is 20.2 Å². The molecule has 2 heterocycles. The van der Waals surface area contributed by atoms with E-state index in [0.29, 0.717) is 12.6 Å². The molecule has 2 atom stereocenters. The summed E-state index contributed by atoms with van der Waals surface area (Å²) in [6.45, 7) is 3.58. The third-order valence-corrected chi connectivity index (χ3v) is 3.47. The van der Waals surface area contributed by atoms with Crippen molar-refractivity contribution < 1.29 is 9.53 Å². The zero-order chi connectivity index (χ0) is 13.7. The lowest BCUT2D eigenvalue weighted by Gasteiger charge is -2.33. The van der Waals surface area contributed by atoms with Crippen molar-refractivity contribution in [1.82, 2.24) is 15.2 Å². The van der Waals surface area contributed by atoms with Gasteiger partial charge in [0.25, 0.3) is 0 Å². The van der Waals surface area contributed by atoms with Gasteiger partial charge < -0.3 is 15.0 Å². The minimum Gasteiger partial charge on any atom is -0.453 e. The van der Waals surface area contributed by atoms with Gasteiger partial charge in [-0.3, -0.25) is 4.98 Å². The molecule has 0 radical (unpaired) electrons. The fourth-order valence-corrected chi connectivity index (χ4v) is 2.48. The zero-order valence-corrected chi connectivity index (χ0v) is 11.5. The number of piperidine rings is 1. The summed E-state index contributed by atoms with van der Waals surface area (Å²) in [4.78, 5) is 17.6. The van der Waals surface area contributed by atoms with Gasteiger partial charge in [0.15, 0.2) is 0 Å². The maximum absolute atomic E-state index is 11.5. The van der Waals surface area contributed by atoms with Crippen LogP contribution in [0.1, 0.15) is 31.5 Å². The minimum absolute atomic E-state index is 0.184. The predicted octanol–water partition coefficient (Wildman–Crippen LogP) is 1.96. The summed E-state index contributed by atoms with van der Waals surface area (Å²) in [6, 6.07) is 6.39. The highest BCUT2D eigenvalue weighted by Gasteiger charge is 2.25. The fourth-order valence-electron chi connectivity index (χ4n) is 2.48. The molecule has 1 saturated heterocycles. The SMILES string of the molecule is COC(=O)N1CCC[C@H](N[C@H](C)c2ccccn2)C1. The topological polar surface area (TPSA) is 54.5 Å². The van der Waals surface area contributed by atoms with Gasteiger partial charge in [-0.25, -0.2) is 4.79 Å². The molecule has 19 heavy (non-hydrogen) atoms. The molecule has 5 nitrogen and oxygen atoms in total. The molecule has 0 aliphatic carbocycles. The largest absolute Gasteiger partial charge is 0.453 e. The van der Waals surface area contributed by atoms with Gasteiger partial charge in [0, 0.05) is 31.4 Å². The van der Waals surface area contributed by atoms with Gasteiger partial charge in [-0.2, -0.15) is 0 Å². The second-order valence-corrected chi connectivity index (χ2v) is 4.90. The van der Waals surface area contributed by atoms with Crippen LogP contribution in [0.15, 0.2) is 24.4 Å². The van der Waals surface area contributed by atoms with Crippen LogP contribution in [0.25, 0.3) is 0 Å². The molecule has 0 aromatic carbocycles. The lowest BCUT2D eigenvalue weighted by atomic mass is 10.0. The van der Waals surface area contributed by atoms with E-state index in [0.717, 1.165) is 25.1 Å². The molecule has 2 rings (SSSR count). The smallest absolute Gasteiger partial charge is 0.409 e. The standard InChI is InChI=1S/C14H21N3O2/c1-11(13-7-3-4-8-15-13)16-12-6-5-9-17(10-12)14(18)19-2/h3-4,7-8,11-12,16H,5-6,9-10H2,1-2H3/t11-,12+/m1/s1. The van der Waals surface area contributed by atoms with Crippen LogP contribution >= 0.6 is 0 Å². The van der Waals surface area contributed by atoms with Crippen LogP contribution in [0.5, 0.6) is 0 Å². The Morgan fingerprint density at radius 3 is 3.11 bits per heavy atom. The Labute approximate surface area is 114 Å². The number of carbonyl (C=O) groups is 1. The first-order valence-electron chi connectivity index (χ1n) is 6.70. The van der Waals surface area contributed by atoms with Crippen LogP contribution in [-0.4, -0.2) is 42.2 Å². The quantitative estimate of drug-likeness (QED) is 0.905. The number of nitrogens with one attached hydrogen (secondary N) is 1. The maximum Gasteiger partial charge on any atom is 0.409 e. The number of rotatable bonds is 3. The van der Waals surface area contributed by atoms with Gasteiger partial charge in [0.05, 0.1) is 12.8 Å². The Hall–Kier alpha value is -1.62. The number of amides is 1. The zero-order valence-electron chi connectivity index (χ0n) is 11.5. The molecule has 0 unspecified atom stereocenters. The Morgan fingerprint density at radius 2 is 2.42 bits per heavy atom. The monoisotopic (exact) mass is 263 g/mol. The lowest BCUT2D eigenvalue weighted by molar-refractivity contribution is 0.106. The van der Waals surface area contributed by atoms with Gasteiger partial charge in [-0.05, 0) is 31.9 Å². The van der Waals surface area contributed by atoms with E-state index in [4.69, 9.17) is 4.74 Å². The molecule has 1 N–H and O–H groups in total. The molecule has 0 spiro atoms. The highest BCUT2D eigenvalue weighted by molar-refractivity contribution is 5.67. The van der Waals surface area contributed by atoms with Crippen molar-refractivity contribution in [2.24, 2.45) is 0 Å². The molecule has 1 aromatic rings. The molecule has 5 heteroatoms. The Bertz CT molecular complexity index is 410. The number of methoxy groups -OCH3 is 1. The Kier molecular flexibility index (Phi) is 4.74. The average Bonchev–Trinajstić information content (AvgIpc) is 2.47. The second-order valence-electron chi connectivity index (χ2n) is 4.90. The minimum atomic E-state index is -0.239. The van der Waals surface area contributed by atoms with Crippen molar-refractivity contribution in [3.63, 3.8) is 0 Å². The molecule has 1 aliphatic heterocycles. The number of aromatic nitrogens is 1. The number of hydrogen-bond donors (Lipinski definition) is 1. The van der Waals surface area contributed by atoms with Gasteiger partial charge in [0.2, 0.25) is 0 Å². The number of hydrogen-bond acceptors (Lipinski definition) is 4. The van der Waals surface area contributed by atoms with Crippen molar-refractivity contribution in [2.45, 2.75) is 31.8 Å². The van der Waals surface area contributed by atoms with E-state index in [1.807, 2.05) is 18.2 Å². The van der Waals surface area contributed by atoms with Crippen LogP contribution in [-0.2, 0) is 4.74 Å². The Balaban J connectivity index is 1.90. The van der Waals surface area contributed by atoms with Crippen LogP contribution in [0.3, 0.4) is 0 Å². The summed E-state index contributed by atoms with van der Waals surface area (Å²) in [5.41, 5.74) is 1.03. The van der Waals surface area contributed by atoms with Crippen LogP contribution in [0.4, 0.5) is 4.79 Å². The van der Waals surface area contributed by atoms with E-state index in [-0.39, 0.29) is 12.1 Å². The van der Waals surface area contributed by atoms with Gasteiger partial charge in [-0.1, -0.05) is 6.07 Å². The van der Waals surface area contributed by atoms with Crippen molar-refractivity contribution in [3.8, 4) is 0 Å². The number of pyridine rings is 1. The third-order valence-electron chi connectivity index (χ3n) is 3.47. The fraction of sp³-hybridized carbons (Fsp3) is 0.571. The molecule has 1 fully saturated rings. The molecular weight excluding hydrogens is 242 g/mol. The highest BCUT2D eigenvalue weighted by Crippen LogP contribution is 2.16. The Morgan fingerprint density at radius 1 is 1.58 bits per heavy atom. The van der Waals surface area contributed by atoms with E-state index in [1.54, 1.807) is 11.1 Å². The summed E-state index contributed by atoms with van der Waals surface area (Å²) in [7, 11) is 1.43. The number of ether oxygens (including phenoxy) is 1. The van der Waals surface area contributed by atoms with Crippen molar-refractivity contribution in [3.05, 3.63) is 30.1 Å². The highest BCUT2D eigenvalue weighted by atomic mass is 16.5. The number of likely N-dealkylation sites (tertiary alicyclic amines) is 1. The van der Waals surface area contributed by atoms with Crippen LogP contribution in [0, 0.1) is 0 Å². The van der Waals surface area contributed by atoms with Gasteiger partial charge in [-0.15, -0.1) is 0 Å². The van der Waals surface area contributed by atoms with Gasteiger partial charge in [0.1, 0.15) is 0 Å². The maximum atomic E-state index is 11.5. The van der Waals surface area contributed by atoms with E-state index >= 15 is 0 Å². The predicted molar refractivity (Wildman–Crippen MR) is 72.8 cm³/mol. The molecule has 0 saturated carbocycles. The van der Waals surface area contributed by atoms with Crippen molar-refractivity contribution in [1.29, 1.82) is 0 Å². The molecule has 1 aliphatic rings. The molecule has 1 amide bonds. The van der Waals surface area contributed by atoms with Crippen LogP contribution < -0.4 is 5.32 Å². The van der Waals surface area contributed by atoms with Crippen molar-refractivity contribution >= 4 is 6.09 Å². The normalized spacial score (nSPS) is 20.9. The molecule has 0 bridgehead atoms. The van der Waals surface area contributed by atoms with E-state index in [2.05, 4.69) is 17.2 Å². The summed E-state index contributed by atoms with van der Waals surface area (Å²) >= 11 is 0. The number of nitrogens with zero attached hydrogens (tertiary/aromatic N) is 2. The van der Waals surface area contributed by atoms with Gasteiger partial charge >= 0.3 is 6.09 Å². The first kappa shape index (κ1) is 13.8. The van der Waals surface area contributed by atoms with Crippen LogP contribution in [0.2, 0.25) is 0 Å². The molecule has 1 aromatic heterocycles. The van der Waals surface area contributed by atoms with E-state index in [9.17, 15) is 4.79 Å². The molecular formula is C14H21N3O2. The van der Waals surface area contributed by atoms with E-state index in [1.165, 1.54) is 7.11 Å². The summed E-state index contributed by atoms with van der Waals surface area (Å²) in [5.74, 6) is 0. The summed E-state index contributed by atoms with van der Waals surface area (Å²) in [5, 5.41) is 3.53. The summed E-state index contributed by atoms with van der Waals surface area (Å²) in [6.07, 6.45) is 3.64. The number of carbonyl (C=O) groups excluding carboxylic acids is 1. The molecule has 104 valence electrons. The second kappa shape index (κ2) is 6.52. The third kappa shape index (κ3) is 3.67. The lowest BCUT2D eigenvalue weighted by Crippen LogP contribution is -2.48. The van der Waals surface area contributed by atoms with E-state index < -0.39 is 0 Å². The first-order valence-corrected chi connectivity index (χ1v) is 6.70. The summed E-state index contributed by atoms with van der Waals surface area (Å²) < 4.78 is 4.77. The average molecular weight is 263 g/mol. The first-order chi connectivity index (χ1) is 9.20.